The standard InChI is InChI=1S/C22H24N6O2S/c1-12-5-4-6-18(13(12)2)27-9-7-16-14(19(27)29)11-15-17(23-16)8-10-28(20(15)30)21-24-22(31-3)26-25-21/h7-13,18H,4-6H2,1-3H3,(H,24,25,26)/t12-,13-,18-/m0/s1. The van der Waals surface area contributed by atoms with E-state index in [1.165, 1.54) is 22.7 Å². The molecule has 0 saturated heterocycles. The predicted octanol–water partition coefficient (Wildman–Crippen LogP) is 3.54. The van der Waals surface area contributed by atoms with E-state index in [-0.39, 0.29) is 17.2 Å². The van der Waals surface area contributed by atoms with E-state index >= 15 is 0 Å². The second kappa shape index (κ2) is 7.64. The molecule has 1 N–H and O–H groups in total. The molecule has 1 fully saturated rings. The van der Waals surface area contributed by atoms with E-state index in [0.717, 1.165) is 12.8 Å². The Morgan fingerprint density at radius 1 is 1.03 bits per heavy atom. The number of nitrogens with zero attached hydrogens (tertiary/aromatic N) is 5. The second-order valence-corrected chi connectivity index (χ2v) is 9.13. The van der Waals surface area contributed by atoms with Crippen LogP contribution in [0.5, 0.6) is 0 Å². The molecule has 0 amide bonds. The summed E-state index contributed by atoms with van der Waals surface area (Å²) in [6.07, 6.45) is 8.67. The zero-order valence-electron chi connectivity index (χ0n) is 17.7. The summed E-state index contributed by atoms with van der Waals surface area (Å²) < 4.78 is 3.24. The maximum atomic E-state index is 13.4. The second-order valence-electron chi connectivity index (χ2n) is 8.35. The normalized spacial score (nSPS) is 21.7. The monoisotopic (exact) mass is 436 g/mol. The first kappa shape index (κ1) is 20.0. The van der Waals surface area contributed by atoms with Crippen LogP contribution in [-0.4, -0.2) is 35.6 Å². The summed E-state index contributed by atoms with van der Waals surface area (Å²) in [6, 6.07) is 5.49. The molecule has 0 radical (unpaired) electrons. The quantitative estimate of drug-likeness (QED) is 0.390. The minimum Gasteiger partial charge on any atom is -0.312 e. The Kier molecular flexibility index (Phi) is 4.92. The largest absolute Gasteiger partial charge is 0.312 e. The molecule has 31 heavy (non-hydrogen) atoms. The van der Waals surface area contributed by atoms with Gasteiger partial charge in [0.2, 0.25) is 11.1 Å². The van der Waals surface area contributed by atoms with Crippen LogP contribution >= 0.6 is 11.8 Å². The van der Waals surface area contributed by atoms with Crippen LogP contribution in [0, 0.1) is 11.8 Å². The highest BCUT2D eigenvalue weighted by Gasteiger charge is 2.29. The number of H-pyrrole nitrogens is 1. The molecule has 9 heteroatoms. The van der Waals surface area contributed by atoms with Crippen molar-refractivity contribution in [2.24, 2.45) is 11.8 Å². The fourth-order valence-corrected chi connectivity index (χ4v) is 4.97. The molecule has 1 aliphatic carbocycles. The molecule has 4 aromatic heterocycles. The summed E-state index contributed by atoms with van der Waals surface area (Å²) in [5.41, 5.74) is 0.782. The predicted molar refractivity (Wildman–Crippen MR) is 122 cm³/mol. The molecule has 0 bridgehead atoms. The Morgan fingerprint density at radius 3 is 2.52 bits per heavy atom. The first-order valence-corrected chi connectivity index (χ1v) is 11.7. The number of pyridine rings is 3. The summed E-state index contributed by atoms with van der Waals surface area (Å²) in [5.74, 6) is 1.34. The highest BCUT2D eigenvalue weighted by atomic mass is 32.2. The van der Waals surface area contributed by atoms with Crippen LogP contribution in [0.25, 0.3) is 27.8 Å². The van der Waals surface area contributed by atoms with Crippen LogP contribution in [0.3, 0.4) is 0 Å². The van der Waals surface area contributed by atoms with E-state index in [9.17, 15) is 9.59 Å². The number of hydrogen-bond donors (Lipinski definition) is 1. The van der Waals surface area contributed by atoms with Crippen molar-refractivity contribution in [1.82, 2.24) is 29.3 Å². The van der Waals surface area contributed by atoms with Crippen molar-refractivity contribution in [3.63, 3.8) is 0 Å². The highest BCUT2D eigenvalue weighted by molar-refractivity contribution is 7.98. The van der Waals surface area contributed by atoms with Crippen LogP contribution in [0.4, 0.5) is 0 Å². The van der Waals surface area contributed by atoms with Crippen molar-refractivity contribution < 1.29 is 0 Å². The van der Waals surface area contributed by atoms with Gasteiger partial charge in [-0.05, 0) is 42.7 Å². The van der Waals surface area contributed by atoms with Gasteiger partial charge in [-0.3, -0.25) is 14.2 Å². The molecular weight excluding hydrogens is 412 g/mol. The Morgan fingerprint density at radius 2 is 1.77 bits per heavy atom. The summed E-state index contributed by atoms with van der Waals surface area (Å²) in [5, 5.41) is 8.26. The van der Waals surface area contributed by atoms with Crippen LogP contribution < -0.4 is 11.1 Å². The Labute approximate surface area is 182 Å². The lowest BCUT2D eigenvalue weighted by Gasteiger charge is -2.35. The molecule has 0 unspecified atom stereocenters. The van der Waals surface area contributed by atoms with Gasteiger partial charge in [0.05, 0.1) is 21.8 Å². The van der Waals surface area contributed by atoms with Crippen molar-refractivity contribution in [3.8, 4) is 5.95 Å². The van der Waals surface area contributed by atoms with Crippen molar-refractivity contribution >= 4 is 33.6 Å². The zero-order chi connectivity index (χ0) is 21.7. The number of aromatic amines is 1. The molecule has 0 spiro atoms. The van der Waals surface area contributed by atoms with E-state index in [1.807, 2.05) is 23.1 Å². The van der Waals surface area contributed by atoms with E-state index < -0.39 is 0 Å². The lowest BCUT2D eigenvalue weighted by atomic mass is 9.78. The van der Waals surface area contributed by atoms with Crippen LogP contribution in [0.2, 0.25) is 0 Å². The first-order chi connectivity index (χ1) is 15.0. The minimum absolute atomic E-state index is 0.0861. The van der Waals surface area contributed by atoms with Gasteiger partial charge in [-0.25, -0.2) is 10.1 Å². The Hall–Kier alpha value is -2.94. The number of hydrogen-bond acceptors (Lipinski definition) is 6. The van der Waals surface area contributed by atoms with E-state index in [1.54, 1.807) is 18.3 Å². The molecule has 0 aromatic carbocycles. The summed E-state index contributed by atoms with van der Waals surface area (Å²) in [4.78, 5) is 35.5. The van der Waals surface area contributed by atoms with Crippen molar-refractivity contribution in [2.45, 2.75) is 44.3 Å². The third-order valence-corrected chi connectivity index (χ3v) is 7.20. The molecule has 4 aromatic rings. The number of aromatic nitrogens is 6. The third-order valence-electron chi connectivity index (χ3n) is 6.66. The van der Waals surface area contributed by atoms with Gasteiger partial charge in [0, 0.05) is 18.4 Å². The van der Waals surface area contributed by atoms with E-state index in [2.05, 4.69) is 34.0 Å². The van der Waals surface area contributed by atoms with Gasteiger partial charge in [0.1, 0.15) is 0 Å². The van der Waals surface area contributed by atoms with Gasteiger partial charge in [0.15, 0.2) is 0 Å². The lowest BCUT2D eigenvalue weighted by Crippen LogP contribution is -2.33. The Bertz CT molecular complexity index is 1400. The van der Waals surface area contributed by atoms with Gasteiger partial charge in [-0.15, -0.1) is 5.10 Å². The molecular formula is C22H24N6O2S. The molecule has 8 nitrogen and oxygen atoms in total. The van der Waals surface area contributed by atoms with Crippen LogP contribution in [0.15, 0.2) is 45.3 Å². The van der Waals surface area contributed by atoms with E-state index in [0.29, 0.717) is 44.7 Å². The number of thioether (sulfide) groups is 1. The highest BCUT2D eigenvalue weighted by Crippen LogP contribution is 2.37. The first-order valence-electron chi connectivity index (χ1n) is 10.5. The molecule has 3 atom stereocenters. The average molecular weight is 437 g/mol. The minimum atomic E-state index is -0.287. The fraction of sp³-hybridized carbons (Fsp3) is 0.409. The fourth-order valence-electron chi connectivity index (χ4n) is 4.65. The van der Waals surface area contributed by atoms with Gasteiger partial charge in [-0.1, -0.05) is 38.5 Å². The van der Waals surface area contributed by atoms with E-state index in [4.69, 9.17) is 0 Å². The number of fused-ring (bicyclic) bond motifs is 2. The van der Waals surface area contributed by atoms with Gasteiger partial charge in [-0.2, -0.15) is 4.98 Å². The summed E-state index contributed by atoms with van der Waals surface area (Å²) in [6.45, 7) is 4.48. The number of rotatable bonds is 3. The molecule has 1 aliphatic rings. The maximum Gasteiger partial charge on any atom is 0.266 e. The smallest absolute Gasteiger partial charge is 0.266 e. The average Bonchev–Trinajstić information content (AvgIpc) is 3.25. The van der Waals surface area contributed by atoms with Crippen LogP contribution in [-0.2, 0) is 0 Å². The zero-order valence-corrected chi connectivity index (χ0v) is 18.5. The topological polar surface area (TPSA) is 98.5 Å². The third kappa shape index (κ3) is 3.27. The van der Waals surface area contributed by atoms with Gasteiger partial charge >= 0.3 is 0 Å². The molecule has 4 heterocycles. The Balaban J connectivity index is 1.68. The van der Waals surface area contributed by atoms with Crippen LogP contribution in [0.1, 0.15) is 39.2 Å². The maximum absolute atomic E-state index is 13.4. The summed E-state index contributed by atoms with van der Waals surface area (Å²) >= 11 is 1.39. The van der Waals surface area contributed by atoms with Gasteiger partial charge in [0.25, 0.3) is 11.1 Å². The summed E-state index contributed by atoms with van der Waals surface area (Å²) in [7, 11) is 0. The van der Waals surface area contributed by atoms with Crippen molar-refractivity contribution in [3.05, 3.63) is 51.3 Å². The number of nitrogens with one attached hydrogen (secondary N) is 1. The molecule has 160 valence electrons. The van der Waals surface area contributed by atoms with Gasteiger partial charge < -0.3 is 4.57 Å². The molecule has 1 saturated carbocycles. The van der Waals surface area contributed by atoms with Crippen molar-refractivity contribution in [2.75, 3.05) is 6.26 Å². The SMILES string of the molecule is CSc1n[nH]c(-n2ccc3nc4ccn([C@H]5CCC[C@H](C)[C@@H]5C)c(=O)c4cc3c2=O)n1. The molecule has 0 aliphatic heterocycles. The van der Waals surface area contributed by atoms with Crippen molar-refractivity contribution in [1.29, 1.82) is 0 Å². The molecule has 5 rings (SSSR count). The lowest BCUT2D eigenvalue weighted by molar-refractivity contribution is 0.183.